The van der Waals surface area contributed by atoms with Crippen LogP contribution in [0.2, 0.25) is 0 Å². The number of hydrogen-bond acceptors (Lipinski definition) is 4. The number of nitrogen functional groups attached to an aromatic ring is 1. The van der Waals surface area contributed by atoms with E-state index in [1.807, 2.05) is 24.3 Å². The van der Waals surface area contributed by atoms with Crippen molar-refractivity contribution in [2.45, 2.75) is 13.3 Å². The summed E-state index contributed by atoms with van der Waals surface area (Å²) in [5, 5.41) is 11.2. The standard InChI is InChI=1S/C15H17N3O2/c1-3-11-7-9-12(10-8-11)17(2)14-6-4-5-13(16)15(14)18(19)20/h4-10H,3,16H2,1-2H3. The first-order valence-corrected chi connectivity index (χ1v) is 6.40. The summed E-state index contributed by atoms with van der Waals surface area (Å²) in [6, 6.07) is 12.9. The summed E-state index contributed by atoms with van der Waals surface area (Å²) >= 11 is 0. The van der Waals surface area contributed by atoms with Crippen LogP contribution in [0.4, 0.5) is 22.7 Å². The quantitative estimate of drug-likeness (QED) is 0.524. The highest BCUT2D eigenvalue weighted by Gasteiger charge is 2.21. The Morgan fingerprint density at radius 3 is 2.40 bits per heavy atom. The fraction of sp³-hybridized carbons (Fsp3) is 0.200. The van der Waals surface area contributed by atoms with Crippen LogP contribution in [0.25, 0.3) is 0 Å². The molecule has 5 heteroatoms. The van der Waals surface area contributed by atoms with Gasteiger partial charge in [0.05, 0.1) is 4.92 Å². The fourth-order valence-corrected chi connectivity index (χ4v) is 2.11. The second kappa shape index (κ2) is 5.61. The largest absolute Gasteiger partial charge is 0.393 e. The van der Waals surface area contributed by atoms with Gasteiger partial charge in [-0.2, -0.15) is 0 Å². The van der Waals surface area contributed by atoms with Gasteiger partial charge in [0.1, 0.15) is 11.4 Å². The minimum absolute atomic E-state index is 0.0606. The molecule has 0 saturated heterocycles. The second-order valence-corrected chi connectivity index (χ2v) is 4.55. The Bertz CT molecular complexity index is 624. The predicted octanol–water partition coefficient (Wildman–Crippen LogP) is 3.51. The van der Waals surface area contributed by atoms with E-state index in [4.69, 9.17) is 5.73 Å². The number of para-hydroxylation sites is 1. The van der Waals surface area contributed by atoms with Gasteiger partial charge < -0.3 is 10.6 Å². The smallest absolute Gasteiger partial charge is 0.315 e. The Kier molecular flexibility index (Phi) is 3.89. The van der Waals surface area contributed by atoms with E-state index < -0.39 is 4.92 Å². The maximum atomic E-state index is 11.2. The number of nitrogens with zero attached hydrogens (tertiary/aromatic N) is 2. The highest BCUT2D eigenvalue weighted by molar-refractivity contribution is 5.79. The van der Waals surface area contributed by atoms with Crippen LogP contribution in [0.15, 0.2) is 42.5 Å². The second-order valence-electron chi connectivity index (χ2n) is 4.55. The lowest BCUT2D eigenvalue weighted by molar-refractivity contribution is -0.383. The van der Waals surface area contributed by atoms with Gasteiger partial charge in [0, 0.05) is 12.7 Å². The van der Waals surface area contributed by atoms with Crippen LogP contribution in [0.1, 0.15) is 12.5 Å². The predicted molar refractivity (Wildman–Crippen MR) is 81.4 cm³/mol. The molecule has 0 saturated carbocycles. The van der Waals surface area contributed by atoms with Gasteiger partial charge in [-0.1, -0.05) is 25.1 Å². The van der Waals surface area contributed by atoms with E-state index in [2.05, 4.69) is 6.92 Å². The van der Waals surface area contributed by atoms with Crippen LogP contribution in [0.3, 0.4) is 0 Å². The van der Waals surface area contributed by atoms with Gasteiger partial charge in [-0.3, -0.25) is 10.1 Å². The molecule has 0 aromatic heterocycles. The van der Waals surface area contributed by atoms with Crippen LogP contribution in [-0.4, -0.2) is 12.0 Å². The SMILES string of the molecule is CCc1ccc(N(C)c2cccc(N)c2[N+](=O)[O-])cc1. The van der Waals surface area contributed by atoms with E-state index in [1.165, 1.54) is 11.6 Å². The summed E-state index contributed by atoms with van der Waals surface area (Å²) < 4.78 is 0. The molecule has 0 fully saturated rings. The Hall–Kier alpha value is -2.56. The van der Waals surface area contributed by atoms with Crippen LogP contribution >= 0.6 is 0 Å². The first-order chi connectivity index (χ1) is 9.54. The van der Waals surface area contributed by atoms with Gasteiger partial charge in [0.2, 0.25) is 0 Å². The molecule has 0 amide bonds. The van der Waals surface area contributed by atoms with Gasteiger partial charge in [0.15, 0.2) is 0 Å². The van der Waals surface area contributed by atoms with Gasteiger partial charge in [-0.25, -0.2) is 0 Å². The average molecular weight is 271 g/mol. The molecule has 2 rings (SSSR count). The minimum Gasteiger partial charge on any atom is -0.393 e. The molecule has 20 heavy (non-hydrogen) atoms. The molecule has 2 N–H and O–H groups in total. The molecule has 0 aliphatic heterocycles. The zero-order valence-electron chi connectivity index (χ0n) is 11.5. The Balaban J connectivity index is 2.44. The molecule has 0 atom stereocenters. The number of nitrogens with two attached hydrogens (primary N) is 1. The highest BCUT2D eigenvalue weighted by atomic mass is 16.6. The van der Waals surface area contributed by atoms with Crippen LogP contribution in [-0.2, 0) is 6.42 Å². The number of nitro benzene ring substituents is 1. The fourth-order valence-electron chi connectivity index (χ4n) is 2.11. The van der Waals surface area contributed by atoms with E-state index in [0.29, 0.717) is 5.69 Å². The van der Waals surface area contributed by atoms with E-state index in [-0.39, 0.29) is 11.4 Å². The molecule has 104 valence electrons. The number of aryl methyl sites for hydroxylation is 1. The van der Waals surface area contributed by atoms with Crippen molar-refractivity contribution in [3.05, 3.63) is 58.1 Å². The monoisotopic (exact) mass is 271 g/mol. The summed E-state index contributed by atoms with van der Waals surface area (Å²) in [7, 11) is 1.79. The number of hydrogen-bond donors (Lipinski definition) is 1. The maximum absolute atomic E-state index is 11.2. The lowest BCUT2D eigenvalue weighted by atomic mass is 10.1. The molecular weight excluding hydrogens is 254 g/mol. The lowest BCUT2D eigenvalue weighted by Gasteiger charge is -2.20. The van der Waals surface area contributed by atoms with Crippen molar-refractivity contribution < 1.29 is 4.92 Å². The first-order valence-electron chi connectivity index (χ1n) is 6.40. The van der Waals surface area contributed by atoms with Crippen LogP contribution in [0, 0.1) is 10.1 Å². The van der Waals surface area contributed by atoms with Crippen molar-refractivity contribution in [3.63, 3.8) is 0 Å². The van der Waals surface area contributed by atoms with Gasteiger partial charge in [-0.15, -0.1) is 0 Å². The summed E-state index contributed by atoms with van der Waals surface area (Å²) in [4.78, 5) is 12.5. The van der Waals surface area contributed by atoms with Crippen molar-refractivity contribution in [1.82, 2.24) is 0 Å². The summed E-state index contributed by atoms with van der Waals surface area (Å²) in [5.74, 6) is 0. The Morgan fingerprint density at radius 2 is 1.85 bits per heavy atom. The number of benzene rings is 2. The molecule has 2 aromatic rings. The third-order valence-corrected chi connectivity index (χ3v) is 3.32. The number of nitro groups is 1. The molecule has 0 heterocycles. The molecule has 5 nitrogen and oxygen atoms in total. The first kappa shape index (κ1) is 13.9. The minimum atomic E-state index is -0.443. The Labute approximate surface area is 117 Å². The number of anilines is 3. The van der Waals surface area contributed by atoms with E-state index >= 15 is 0 Å². The van der Waals surface area contributed by atoms with Crippen LogP contribution < -0.4 is 10.6 Å². The van der Waals surface area contributed by atoms with Gasteiger partial charge >= 0.3 is 5.69 Å². The molecule has 0 aliphatic carbocycles. The van der Waals surface area contributed by atoms with Crippen LogP contribution in [0.5, 0.6) is 0 Å². The van der Waals surface area contributed by atoms with Crippen molar-refractivity contribution >= 4 is 22.7 Å². The molecular formula is C15H17N3O2. The normalized spacial score (nSPS) is 10.3. The van der Waals surface area contributed by atoms with Gasteiger partial charge in [0.25, 0.3) is 0 Å². The maximum Gasteiger partial charge on any atom is 0.315 e. The highest BCUT2D eigenvalue weighted by Crippen LogP contribution is 2.36. The molecule has 0 aliphatic rings. The molecule has 0 spiro atoms. The third kappa shape index (κ3) is 2.56. The van der Waals surface area contributed by atoms with Crippen molar-refractivity contribution in [3.8, 4) is 0 Å². The molecule has 0 radical (unpaired) electrons. The number of rotatable bonds is 4. The molecule has 2 aromatic carbocycles. The van der Waals surface area contributed by atoms with Crippen molar-refractivity contribution in [2.24, 2.45) is 0 Å². The van der Waals surface area contributed by atoms with Gasteiger partial charge in [-0.05, 0) is 36.2 Å². The van der Waals surface area contributed by atoms with E-state index in [0.717, 1.165) is 12.1 Å². The lowest BCUT2D eigenvalue weighted by Crippen LogP contribution is -2.12. The summed E-state index contributed by atoms with van der Waals surface area (Å²) in [6.45, 7) is 2.08. The van der Waals surface area contributed by atoms with Crippen molar-refractivity contribution in [2.75, 3.05) is 17.7 Å². The Morgan fingerprint density at radius 1 is 1.20 bits per heavy atom. The summed E-state index contributed by atoms with van der Waals surface area (Å²) in [6.07, 6.45) is 0.961. The molecule has 0 unspecified atom stereocenters. The zero-order valence-corrected chi connectivity index (χ0v) is 11.5. The van der Waals surface area contributed by atoms with E-state index in [1.54, 1.807) is 24.1 Å². The average Bonchev–Trinajstić information content (AvgIpc) is 2.46. The summed E-state index contributed by atoms with van der Waals surface area (Å²) in [5.41, 5.74) is 8.42. The third-order valence-electron chi connectivity index (χ3n) is 3.32. The topological polar surface area (TPSA) is 72.4 Å². The van der Waals surface area contributed by atoms with Crippen molar-refractivity contribution in [1.29, 1.82) is 0 Å². The molecule has 0 bridgehead atoms. The van der Waals surface area contributed by atoms with E-state index in [9.17, 15) is 10.1 Å². The zero-order chi connectivity index (χ0) is 14.7.